The highest BCUT2D eigenvalue weighted by molar-refractivity contribution is 9.10. The van der Waals surface area contributed by atoms with Crippen LogP contribution in [-0.2, 0) is 6.42 Å². The maximum atomic E-state index is 5.51. The summed E-state index contributed by atoms with van der Waals surface area (Å²) in [6.07, 6.45) is 3.75. The van der Waals surface area contributed by atoms with Gasteiger partial charge in [-0.3, -0.25) is 4.40 Å². The van der Waals surface area contributed by atoms with Crippen molar-refractivity contribution < 1.29 is 4.74 Å². The zero-order valence-corrected chi connectivity index (χ0v) is 10.7. The molecule has 0 bridgehead atoms. The number of ether oxygens (including phenoxy) is 1. The highest BCUT2D eigenvalue weighted by atomic mass is 79.9. The van der Waals surface area contributed by atoms with Crippen molar-refractivity contribution in [3.63, 3.8) is 0 Å². The van der Waals surface area contributed by atoms with E-state index >= 15 is 0 Å². The second-order valence-electron chi connectivity index (χ2n) is 3.54. The van der Waals surface area contributed by atoms with E-state index < -0.39 is 0 Å². The molecule has 5 heteroatoms. The van der Waals surface area contributed by atoms with Crippen molar-refractivity contribution in [2.75, 3.05) is 13.7 Å². The van der Waals surface area contributed by atoms with E-state index in [1.807, 2.05) is 22.7 Å². The summed E-state index contributed by atoms with van der Waals surface area (Å²) in [6.45, 7) is 0.677. The van der Waals surface area contributed by atoms with Crippen LogP contribution in [0.2, 0.25) is 0 Å². The summed E-state index contributed by atoms with van der Waals surface area (Å²) < 4.78 is 8.11. The molecule has 2 rings (SSSR count). The minimum atomic E-state index is 0.677. The first kappa shape index (κ1) is 11.4. The Morgan fingerprint density at radius 1 is 1.50 bits per heavy atom. The van der Waals surface area contributed by atoms with E-state index in [-0.39, 0.29) is 0 Å². The minimum Gasteiger partial charge on any atom is -0.495 e. The SMILES string of the molecule is COc1ccc2c(Br)nc(CCCN)n2c1. The predicted octanol–water partition coefficient (Wildman–Crippen LogP) is 2.00. The molecule has 0 aliphatic rings. The maximum absolute atomic E-state index is 5.51. The summed E-state index contributed by atoms with van der Waals surface area (Å²) in [6, 6.07) is 3.91. The van der Waals surface area contributed by atoms with E-state index in [0.29, 0.717) is 6.54 Å². The number of hydrogen-bond donors (Lipinski definition) is 1. The monoisotopic (exact) mass is 283 g/mol. The number of pyridine rings is 1. The van der Waals surface area contributed by atoms with Crippen molar-refractivity contribution in [1.82, 2.24) is 9.38 Å². The smallest absolute Gasteiger partial charge is 0.135 e. The Kier molecular flexibility index (Phi) is 3.46. The lowest BCUT2D eigenvalue weighted by molar-refractivity contribution is 0.412. The fourth-order valence-electron chi connectivity index (χ4n) is 1.64. The van der Waals surface area contributed by atoms with Gasteiger partial charge in [-0.2, -0.15) is 0 Å². The van der Waals surface area contributed by atoms with Crippen LogP contribution in [-0.4, -0.2) is 23.0 Å². The number of fused-ring (bicyclic) bond motifs is 1. The average Bonchev–Trinajstić information content (AvgIpc) is 2.63. The van der Waals surface area contributed by atoms with Gasteiger partial charge in [0.05, 0.1) is 18.8 Å². The molecule has 2 N–H and O–H groups in total. The summed E-state index contributed by atoms with van der Waals surface area (Å²) >= 11 is 3.45. The maximum Gasteiger partial charge on any atom is 0.135 e. The van der Waals surface area contributed by atoms with Crippen molar-refractivity contribution in [3.05, 3.63) is 28.8 Å². The molecule has 0 atom stereocenters. The highest BCUT2D eigenvalue weighted by Crippen LogP contribution is 2.22. The molecule has 16 heavy (non-hydrogen) atoms. The van der Waals surface area contributed by atoms with Crippen LogP contribution in [0.3, 0.4) is 0 Å². The van der Waals surface area contributed by atoms with Crippen molar-refractivity contribution in [2.24, 2.45) is 5.73 Å². The van der Waals surface area contributed by atoms with Gasteiger partial charge in [0.1, 0.15) is 16.2 Å². The minimum absolute atomic E-state index is 0.677. The van der Waals surface area contributed by atoms with E-state index in [4.69, 9.17) is 10.5 Å². The van der Waals surface area contributed by atoms with Crippen LogP contribution in [0.1, 0.15) is 12.2 Å². The Morgan fingerprint density at radius 2 is 2.31 bits per heavy atom. The van der Waals surface area contributed by atoms with E-state index in [0.717, 1.165) is 34.5 Å². The van der Waals surface area contributed by atoms with Crippen molar-refractivity contribution in [1.29, 1.82) is 0 Å². The van der Waals surface area contributed by atoms with Gasteiger partial charge >= 0.3 is 0 Å². The molecule has 4 nitrogen and oxygen atoms in total. The Labute approximate surface area is 103 Å². The van der Waals surface area contributed by atoms with E-state index in [1.54, 1.807) is 7.11 Å². The Hall–Kier alpha value is -1.07. The molecular weight excluding hydrogens is 270 g/mol. The van der Waals surface area contributed by atoms with Gasteiger partial charge < -0.3 is 10.5 Å². The molecule has 0 aromatic carbocycles. The fourth-order valence-corrected chi connectivity index (χ4v) is 2.17. The number of nitrogens with two attached hydrogens (primary N) is 1. The molecule has 0 aliphatic carbocycles. The summed E-state index contributed by atoms with van der Waals surface area (Å²) in [7, 11) is 1.66. The molecule has 0 aliphatic heterocycles. The number of methoxy groups -OCH3 is 1. The van der Waals surface area contributed by atoms with E-state index in [2.05, 4.69) is 20.9 Å². The molecule has 2 heterocycles. The molecule has 86 valence electrons. The third-order valence-corrected chi connectivity index (χ3v) is 3.06. The van der Waals surface area contributed by atoms with Gasteiger partial charge in [-0.1, -0.05) is 0 Å². The normalized spacial score (nSPS) is 10.9. The average molecular weight is 284 g/mol. The molecule has 0 amide bonds. The van der Waals surface area contributed by atoms with Gasteiger partial charge in [-0.25, -0.2) is 4.98 Å². The predicted molar refractivity (Wildman–Crippen MR) is 66.8 cm³/mol. The number of rotatable bonds is 4. The van der Waals surface area contributed by atoms with Gasteiger partial charge in [0.25, 0.3) is 0 Å². The molecule has 0 saturated carbocycles. The quantitative estimate of drug-likeness (QED) is 0.934. The van der Waals surface area contributed by atoms with Crippen molar-refractivity contribution >= 4 is 21.4 Å². The van der Waals surface area contributed by atoms with Crippen LogP contribution in [0.25, 0.3) is 5.52 Å². The number of imidazole rings is 1. The molecule has 0 unspecified atom stereocenters. The molecule has 0 radical (unpaired) electrons. The summed E-state index contributed by atoms with van der Waals surface area (Å²) in [5.74, 6) is 1.83. The zero-order chi connectivity index (χ0) is 11.5. The third-order valence-electron chi connectivity index (χ3n) is 2.48. The Morgan fingerprint density at radius 3 is 3.00 bits per heavy atom. The van der Waals surface area contributed by atoms with Crippen LogP contribution in [0.5, 0.6) is 5.75 Å². The molecule has 0 spiro atoms. The lowest BCUT2D eigenvalue weighted by atomic mass is 10.3. The van der Waals surface area contributed by atoms with Crippen molar-refractivity contribution in [2.45, 2.75) is 12.8 Å². The van der Waals surface area contributed by atoms with Crippen molar-refractivity contribution in [3.8, 4) is 5.75 Å². The summed E-state index contributed by atoms with van der Waals surface area (Å²) in [5.41, 5.74) is 6.56. The summed E-state index contributed by atoms with van der Waals surface area (Å²) in [4.78, 5) is 4.47. The lowest BCUT2D eigenvalue weighted by Crippen LogP contribution is -2.03. The first-order chi connectivity index (χ1) is 7.76. The molecule has 2 aromatic heterocycles. The fraction of sp³-hybridized carbons (Fsp3) is 0.364. The standard InChI is InChI=1S/C11H14BrN3O/c1-16-8-4-5-9-11(12)14-10(3-2-6-13)15(9)7-8/h4-5,7H,2-3,6,13H2,1H3. The highest BCUT2D eigenvalue weighted by Gasteiger charge is 2.09. The van der Waals surface area contributed by atoms with Gasteiger partial charge in [0, 0.05) is 6.42 Å². The van der Waals surface area contributed by atoms with Crippen LogP contribution < -0.4 is 10.5 Å². The molecule has 0 saturated heterocycles. The second kappa shape index (κ2) is 4.84. The van der Waals surface area contributed by atoms with Crippen LogP contribution in [0.15, 0.2) is 22.9 Å². The largest absolute Gasteiger partial charge is 0.495 e. The first-order valence-corrected chi connectivity index (χ1v) is 5.96. The van der Waals surface area contributed by atoms with Gasteiger partial charge in [0.15, 0.2) is 0 Å². The van der Waals surface area contributed by atoms with Crippen LogP contribution in [0.4, 0.5) is 0 Å². The van der Waals surface area contributed by atoms with E-state index in [1.165, 1.54) is 0 Å². The Balaban J connectivity index is 2.47. The van der Waals surface area contributed by atoms with E-state index in [9.17, 15) is 0 Å². The van der Waals surface area contributed by atoms with Gasteiger partial charge in [-0.15, -0.1) is 0 Å². The van der Waals surface area contributed by atoms with Crippen LogP contribution >= 0.6 is 15.9 Å². The lowest BCUT2D eigenvalue weighted by Gasteiger charge is -2.03. The molecule has 0 fully saturated rings. The number of nitrogens with zero attached hydrogens (tertiary/aromatic N) is 2. The molecule has 2 aromatic rings. The topological polar surface area (TPSA) is 52.5 Å². The number of halogens is 1. The number of aromatic nitrogens is 2. The second-order valence-corrected chi connectivity index (χ2v) is 4.29. The zero-order valence-electron chi connectivity index (χ0n) is 9.11. The number of aryl methyl sites for hydroxylation is 1. The Bertz CT molecular complexity index is 495. The number of hydrogen-bond acceptors (Lipinski definition) is 3. The van der Waals surface area contributed by atoms with Gasteiger partial charge in [-0.05, 0) is 41.0 Å². The third kappa shape index (κ3) is 2.05. The summed E-state index contributed by atoms with van der Waals surface area (Å²) in [5, 5.41) is 0. The first-order valence-electron chi connectivity index (χ1n) is 5.17. The van der Waals surface area contributed by atoms with Crippen LogP contribution in [0, 0.1) is 0 Å². The molecular formula is C11H14BrN3O. The van der Waals surface area contributed by atoms with Gasteiger partial charge in [0.2, 0.25) is 0 Å².